The summed E-state index contributed by atoms with van der Waals surface area (Å²) in [4.78, 5) is 8.17. The Hall–Kier alpha value is -1.65. The molecule has 1 aromatic carbocycles. The number of aryl methyl sites for hydroxylation is 1. The van der Waals surface area contributed by atoms with Gasteiger partial charge in [-0.3, -0.25) is 0 Å². The van der Waals surface area contributed by atoms with Gasteiger partial charge in [-0.2, -0.15) is 0 Å². The van der Waals surface area contributed by atoms with Crippen molar-refractivity contribution < 1.29 is 9.84 Å². The van der Waals surface area contributed by atoms with E-state index in [1.165, 1.54) is 0 Å². The number of aliphatic hydroxyl groups is 1. The molecule has 2 aromatic rings. The topological polar surface area (TPSA) is 55.2 Å². The lowest BCUT2D eigenvalue weighted by molar-refractivity contribution is 0.269. The zero-order valence-electron chi connectivity index (χ0n) is 9.93. The highest BCUT2D eigenvalue weighted by Crippen LogP contribution is 2.17. The molecule has 94 valence electrons. The van der Waals surface area contributed by atoms with Crippen LogP contribution in [-0.2, 0) is 13.2 Å². The second-order valence-electron chi connectivity index (χ2n) is 3.80. The zero-order valence-corrected chi connectivity index (χ0v) is 10.7. The molecular weight excluding hydrogens is 252 g/mol. The second-order valence-corrected chi connectivity index (χ2v) is 4.21. The van der Waals surface area contributed by atoms with Gasteiger partial charge < -0.3 is 9.84 Å². The van der Waals surface area contributed by atoms with E-state index in [0.717, 1.165) is 5.56 Å². The van der Waals surface area contributed by atoms with Crippen molar-refractivity contribution in [3.8, 4) is 6.01 Å². The first-order valence-electron chi connectivity index (χ1n) is 5.50. The van der Waals surface area contributed by atoms with Crippen molar-refractivity contribution in [2.45, 2.75) is 20.1 Å². The highest BCUT2D eigenvalue weighted by atomic mass is 35.5. The number of hydrogen-bond acceptors (Lipinski definition) is 4. The number of aliphatic hydroxyl groups excluding tert-OH is 1. The molecule has 0 aliphatic rings. The summed E-state index contributed by atoms with van der Waals surface area (Å²) in [6, 6.07) is 7.73. The monoisotopic (exact) mass is 264 g/mol. The predicted molar refractivity (Wildman–Crippen MR) is 68.5 cm³/mol. The molecule has 2 rings (SSSR count). The third-order valence-electron chi connectivity index (χ3n) is 2.54. The molecule has 0 saturated carbocycles. The molecular formula is C13H13ClN2O2. The first kappa shape index (κ1) is 12.8. The molecule has 4 nitrogen and oxygen atoms in total. The first-order chi connectivity index (χ1) is 8.70. The van der Waals surface area contributed by atoms with Gasteiger partial charge in [0.25, 0.3) is 0 Å². The van der Waals surface area contributed by atoms with Crippen molar-refractivity contribution in [2.24, 2.45) is 0 Å². The molecule has 0 amide bonds. The predicted octanol–water partition coefficient (Wildman–Crippen LogP) is 2.51. The summed E-state index contributed by atoms with van der Waals surface area (Å²) in [6.45, 7) is 2.05. The van der Waals surface area contributed by atoms with Gasteiger partial charge in [0.15, 0.2) is 0 Å². The molecule has 0 atom stereocenters. The Bertz CT molecular complexity index is 546. The minimum atomic E-state index is -0.0728. The molecule has 0 spiro atoms. The fraction of sp³-hybridized carbons (Fsp3) is 0.231. The number of nitrogens with zero attached hydrogens (tertiary/aromatic N) is 2. The lowest BCUT2D eigenvalue weighted by Crippen LogP contribution is -2.03. The number of ether oxygens (including phenoxy) is 1. The average Bonchev–Trinajstić information content (AvgIpc) is 2.38. The second kappa shape index (κ2) is 5.80. The van der Waals surface area contributed by atoms with Crippen LogP contribution < -0.4 is 4.74 Å². The van der Waals surface area contributed by atoms with Gasteiger partial charge in [0.1, 0.15) is 6.61 Å². The summed E-state index contributed by atoms with van der Waals surface area (Å²) in [5.74, 6) is 0. The van der Waals surface area contributed by atoms with Crippen LogP contribution in [-0.4, -0.2) is 15.1 Å². The van der Waals surface area contributed by atoms with Crippen molar-refractivity contribution in [1.82, 2.24) is 9.97 Å². The van der Waals surface area contributed by atoms with Gasteiger partial charge in [0.05, 0.1) is 12.3 Å². The largest absolute Gasteiger partial charge is 0.459 e. The van der Waals surface area contributed by atoms with Gasteiger partial charge in [-0.15, -0.1) is 0 Å². The van der Waals surface area contributed by atoms with Crippen LogP contribution >= 0.6 is 11.6 Å². The van der Waals surface area contributed by atoms with Crippen LogP contribution in [0.15, 0.2) is 30.5 Å². The van der Waals surface area contributed by atoms with Crippen molar-refractivity contribution in [1.29, 1.82) is 0 Å². The van der Waals surface area contributed by atoms with E-state index in [1.54, 1.807) is 19.2 Å². The first-order valence-corrected chi connectivity index (χ1v) is 5.88. The molecule has 0 bridgehead atoms. The van der Waals surface area contributed by atoms with Crippen molar-refractivity contribution >= 4 is 11.6 Å². The molecule has 18 heavy (non-hydrogen) atoms. The van der Waals surface area contributed by atoms with Crippen LogP contribution in [0.2, 0.25) is 5.02 Å². The van der Waals surface area contributed by atoms with E-state index in [9.17, 15) is 0 Å². The van der Waals surface area contributed by atoms with Crippen LogP contribution in [0.3, 0.4) is 0 Å². The Morgan fingerprint density at radius 3 is 2.72 bits per heavy atom. The summed E-state index contributed by atoms with van der Waals surface area (Å²) < 4.78 is 5.46. The molecule has 0 aliphatic heterocycles. The van der Waals surface area contributed by atoms with Gasteiger partial charge >= 0.3 is 6.01 Å². The Labute approximate surface area is 110 Å². The molecule has 1 heterocycles. The molecule has 0 unspecified atom stereocenters. The summed E-state index contributed by atoms with van der Waals surface area (Å²) >= 11 is 6.02. The molecule has 0 fully saturated rings. The van der Waals surface area contributed by atoms with Crippen LogP contribution in [0, 0.1) is 6.92 Å². The van der Waals surface area contributed by atoms with Crippen LogP contribution in [0.25, 0.3) is 0 Å². The standard InChI is InChI=1S/C13H13ClN2O2/c1-9-11(7-17)6-15-13(16-9)18-8-10-4-2-3-5-12(10)14/h2-6,17H,7-8H2,1H3. The third kappa shape index (κ3) is 2.97. The Morgan fingerprint density at radius 1 is 1.28 bits per heavy atom. The number of hydrogen-bond donors (Lipinski definition) is 1. The molecule has 5 heteroatoms. The molecule has 0 radical (unpaired) electrons. The van der Waals surface area contributed by atoms with Crippen LogP contribution in [0.1, 0.15) is 16.8 Å². The lowest BCUT2D eigenvalue weighted by Gasteiger charge is -2.07. The normalized spacial score (nSPS) is 10.4. The molecule has 1 N–H and O–H groups in total. The van der Waals surface area contributed by atoms with Crippen molar-refractivity contribution in [3.63, 3.8) is 0 Å². The minimum absolute atomic E-state index is 0.0728. The van der Waals surface area contributed by atoms with Crippen LogP contribution in [0.5, 0.6) is 6.01 Å². The van der Waals surface area contributed by atoms with E-state index < -0.39 is 0 Å². The summed E-state index contributed by atoms with van der Waals surface area (Å²) in [5, 5.41) is 9.67. The quantitative estimate of drug-likeness (QED) is 0.922. The maximum Gasteiger partial charge on any atom is 0.316 e. The van der Waals surface area contributed by atoms with Gasteiger partial charge in [0.2, 0.25) is 0 Å². The number of aromatic nitrogens is 2. The molecule has 0 saturated heterocycles. The maximum absolute atomic E-state index is 9.02. The minimum Gasteiger partial charge on any atom is -0.459 e. The fourth-order valence-corrected chi connectivity index (χ4v) is 1.64. The maximum atomic E-state index is 9.02. The van der Waals surface area contributed by atoms with Crippen molar-refractivity contribution in [2.75, 3.05) is 0 Å². The Balaban J connectivity index is 2.07. The van der Waals surface area contributed by atoms with E-state index in [0.29, 0.717) is 22.9 Å². The molecule has 1 aromatic heterocycles. The van der Waals surface area contributed by atoms with E-state index in [2.05, 4.69) is 9.97 Å². The highest BCUT2D eigenvalue weighted by Gasteiger charge is 2.05. The summed E-state index contributed by atoms with van der Waals surface area (Å²) in [5.41, 5.74) is 2.29. The SMILES string of the molecule is Cc1nc(OCc2ccccc2Cl)ncc1CO. The summed E-state index contributed by atoms with van der Waals surface area (Å²) in [7, 11) is 0. The number of halogens is 1. The zero-order chi connectivity index (χ0) is 13.0. The van der Waals surface area contributed by atoms with Crippen molar-refractivity contribution in [3.05, 3.63) is 52.3 Å². The fourth-order valence-electron chi connectivity index (χ4n) is 1.45. The Kier molecular flexibility index (Phi) is 4.12. The average molecular weight is 265 g/mol. The van der Waals surface area contributed by atoms with E-state index in [-0.39, 0.29) is 12.6 Å². The number of rotatable bonds is 4. The van der Waals surface area contributed by atoms with Crippen LogP contribution in [0.4, 0.5) is 0 Å². The van der Waals surface area contributed by atoms with Gasteiger partial charge in [-0.25, -0.2) is 9.97 Å². The van der Waals surface area contributed by atoms with Gasteiger partial charge in [-0.05, 0) is 13.0 Å². The smallest absolute Gasteiger partial charge is 0.316 e. The third-order valence-corrected chi connectivity index (χ3v) is 2.91. The number of benzene rings is 1. The highest BCUT2D eigenvalue weighted by molar-refractivity contribution is 6.31. The molecule has 0 aliphatic carbocycles. The van der Waals surface area contributed by atoms with E-state index in [1.807, 2.05) is 18.2 Å². The van der Waals surface area contributed by atoms with E-state index >= 15 is 0 Å². The van der Waals surface area contributed by atoms with E-state index in [4.69, 9.17) is 21.4 Å². The summed E-state index contributed by atoms with van der Waals surface area (Å²) in [6.07, 6.45) is 1.56. The van der Waals surface area contributed by atoms with Gasteiger partial charge in [-0.1, -0.05) is 29.8 Å². The van der Waals surface area contributed by atoms with Gasteiger partial charge in [0, 0.05) is 22.3 Å². The lowest BCUT2D eigenvalue weighted by atomic mass is 10.2. The Morgan fingerprint density at radius 2 is 2.06 bits per heavy atom.